The second-order valence-corrected chi connectivity index (χ2v) is 3.68. The van der Waals surface area contributed by atoms with Crippen LogP contribution < -0.4 is 0 Å². The summed E-state index contributed by atoms with van der Waals surface area (Å²) in [5, 5.41) is 12.7. The molecule has 2 rings (SSSR count). The molecule has 0 spiro atoms. The van der Waals surface area contributed by atoms with Crippen LogP contribution in [-0.2, 0) is 18.3 Å². The van der Waals surface area contributed by atoms with E-state index >= 15 is 0 Å². The van der Waals surface area contributed by atoms with Gasteiger partial charge in [0, 0.05) is 19.4 Å². The van der Waals surface area contributed by atoms with Crippen LogP contribution in [0.1, 0.15) is 36.8 Å². The fourth-order valence-corrected chi connectivity index (χ4v) is 1.47. The molecule has 1 heterocycles. The zero-order valence-corrected chi connectivity index (χ0v) is 8.10. The summed E-state index contributed by atoms with van der Waals surface area (Å²) in [6.45, 7) is 0. The maximum atomic E-state index is 10.3. The van der Waals surface area contributed by atoms with E-state index in [0.717, 1.165) is 5.82 Å². The highest BCUT2D eigenvalue weighted by atomic mass is 16.4. The monoisotopic (exact) mass is 195 g/mol. The van der Waals surface area contributed by atoms with Gasteiger partial charge in [0.25, 0.3) is 0 Å². The van der Waals surface area contributed by atoms with Crippen molar-refractivity contribution >= 4 is 5.97 Å². The highest BCUT2D eigenvalue weighted by molar-refractivity contribution is 5.66. The summed E-state index contributed by atoms with van der Waals surface area (Å²) in [4.78, 5) is 14.7. The van der Waals surface area contributed by atoms with Crippen LogP contribution in [0.2, 0.25) is 0 Å². The number of hydrogen-bond donors (Lipinski definition) is 1. The third-order valence-electron chi connectivity index (χ3n) is 2.35. The molecular formula is C9H13N3O2. The highest BCUT2D eigenvalue weighted by Gasteiger charge is 2.28. The van der Waals surface area contributed by atoms with Crippen molar-refractivity contribution < 1.29 is 9.90 Å². The summed E-state index contributed by atoms with van der Waals surface area (Å²) in [7, 11) is 1.87. The molecule has 1 aromatic heterocycles. The minimum absolute atomic E-state index is 0.105. The Labute approximate surface area is 81.8 Å². The molecule has 0 atom stereocenters. The van der Waals surface area contributed by atoms with E-state index < -0.39 is 5.97 Å². The van der Waals surface area contributed by atoms with E-state index in [2.05, 4.69) is 10.1 Å². The molecule has 1 aliphatic rings. The highest BCUT2D eigenvalue weighted by Crippen LogP contribution is 2.38. The number of hydrogen-bond acceptors (Lipinski definition) is 3. The van der Waals surface area contributed by atoms with Crippen LogP contribution in [0.4, 0.5) is 0 Å². The maximum Gasteiger partial charge on any atom is 0.303 e. The molecule has 76 valence electrons. The zero-order chi connectivity index (χ0) is 10.1. The Hall–Kier alpha value is -1.39. The Bertz CT molecular complexity index is 355. The Morgan fingerprint density at radius 1 is 1.64 bits per heavy atom. The number of carboxylic acid groups (broad SMARTS) is 1. The first-order valence-electron chi connectivity index (χ1n) is 4.78. The molecule has 0 unspecified atom stereocenters. The van der Waals surface area contributed by atoms with Gasteiger partial charge < -0.3 is 5.11 Å². The fourth-order valence-electron chi connectivity index (χ4n) is 1.47. The van der Waals surface area contributed by atoms with Crippen molar-refractivity contribution in [3.05, 3.63) is 11.6 Å². The fraction of sp³-hybridized carbons (Fsp3) is 0.667. The van der Waals surface area contributed by atoms with Crippen LogP contribution in [0.3, 0.4) is 0 Å². The topological polar surface area (TPSA) is 68.0 Å². The Kier molecular flexibility index (Phi) is 2.23. The van der Waals surface area contributed by atoms with Gasteiger partial charge in [-0.15, -0.1) is 0 Å². The first-order chi connectivity index (χ1) is 6.66. The first-order valence-corrected chi connectivity index (χ1v) is 4.78. The van der Waals surface area contributed by atoms with Gasteiger partial charge in [-0.25, -0.2) is 4.98 Å². The van der Waals surface area contributed by atoms with Gasteiger partial charge in [0.05, 0.1) is 6.42 Å². The molecule has 0 amide bonds. The first kappa shape index (κ1) is 9.18. The number of carboxylic acids is 1. The van der Waals surface area contributed by atoms with Gasteiger partial charge in [0.2, 0.25) is 0 Å². The molecule has 1 aromatic rings. The standard InChI is InChI=1S/C9H13N3O2/c1-12-9(6-2-3-6)10-7(11-12)4-5-8(13)14/h6H,2-5H2,1H3,(H,13,14). The van der Waals surface area contributed by atoms with E-state index in [9.17, 15) is 4.79 Å². The lowest BCUT2D eigenvalue weighted by molar-refractivity contribution is -0.137. The van der Waals surface area contributed by atoms with Gasteiger partial charge in [-0.3, -0.25) is 9.48 Å². The predicted molar refractivity (Wildman–Crippen MR) is 48.9 cm³/mol. The second-order valence-electron chi connectivity index (χ2n) is 3.68. The van der Waals surface area contributed by atoms with Gasteiger partial charge in [-0.2, -0.15) is 5.10 Å². The lowest BCUT2D eigenvalue weighted by Gasteiger charge is -1.92. The molecule has 14 heavy (non-hydrogen) atoms. The summed E-state index contributed by atoms with van der Waals surface area (Å²) in [6.07, 6.45) is 2.90. The lowest BCUT2D eigenvalue weighted by Crippen LogP contribution is -1.99. The normalized spacial score (nSPS) is 15.8. The van der Waals surface area contributed by atoms with Gasteiger partial charge in [-0.1, -0.05) is 0 Å². The number of carbonyl (C=O) groups is 1. The van der Waals surface area contributed by atoms with E-state index in [0.29, 0.717) is 18.2 Å². The Balaban J connectivity index is 2.04. The minimum Gasteiger partial charge on any atom is -0.481 e. The molecule has 1 fully saturated rings. The molecule has 1 saturated carbocycles. The Morgan fingerprint density at radius 3 is 2.93 bits per heavy atom. The lowest BCUT2D eigenvalue weighted by atomic mass is 10.3. The van der Waals surface area contributed by atoms with E-state index in [4.69, 9.17) is 5.11 Å². The van der Waals surface area contributed by atoms with Crippen molar-refractivity contribution in [2.24, 2.45) is 7.05 Å². The summed E-state index contributed by atoms with van der Waals surface area (Å²) < 4.78 is 1.77. The van der Waals surface area contributed by atoms with E-state index in [1.807, 2.05) is 7.05 Å². The van der Waals surface area contributed by atoms with Crippen molar-refractivity contribution in [3.63, 3.8) is 0 Å². The van der Waals surface area contributed by atoms with Crippen LogP contribution in [0.25, 0.3) is 0 Å². The van der Waals surface area contributed by atoms with Crippen molar-refractivity contribution in [1.29, 1.82) is 0 Å². The number of nitrogens with zero attached hydrogens (tertiary/aromatic N) is 3. The number of aromatic nitrogens is 3. The molecule has 1 N–H and O–H groups in total. The molecule has 5 nitrogen and oxygen atoms in total. The molecule has 0 radical (unpaired) electrons. The van der Waals surface area contributed by atoms with E-state index in [-0.39, 0.29) is 6.42 Å². The molecule has 5 heteroatoms. The smallest absolute Gasteiger partial charge is 0.303 e. The van der Waals surface area contributed by atoms with E-state index in [1.165, 1.54) is 12.8 Å². The number of aryl methyl sites for hydroxylation is 2. The van der Waals surface area contributed by atoms with Crippen molar-refractivity contribution in [1.82, 2.24) is 14.8 Å². The molecule has 1 aliphatic carbocycles. The van der Waals surface area contributed by atoms with Crippen LogP contribution in [0.15, 0.2) is 0 Å². The summed E-state index contributed by atoms with van der Waals surface area (Å²) in [5.74, 6) is 1.42. The van der Waals surface area contributed by atoms with Crippen molar-refractivity contribution in [2.75, 3.05) is 0 Å². The summed E-state index contributed by atoms with van der Waals surface area (Å²) >= 11 is 0. The number of rotatable bonds is 4. The molecule has 0 aliphatic heterocycles. The summed E-state index contributed by atoms with van der Waals surface area (Å²) in [5.41, 5.74) is 0. The Morgan fingerprint density at radius 2 is 2.36 bits per heavy atom. The van der Waals surface area contributed by atoms with E-state index in [1.54, 1.807) is 4.68 Å². The molecule has 0 saturated heterocycles. The van der Waals surface area contributed by atoms with Gasteiger partial charge in [0.1, 0.15) is 5.82 Å². The zero-order valence-electron chi connectivity index (χ0n) is 8.10. The number of aliphatic carboxylic acids is 1. The second kappa shape index (κ2) is 3.40. The average Bonchev–Trinajstić information content (AvgIpc) is 2.88. The van der Waals surface area contributed by atoms with Crippen LogP contribution in [-0.4, -0.2) is 25.8 Å². The SMILES string of the molecule is Cn1nc(CCC(=O)O)nc1C1CC1. The third-order valence-corrected chi connectivity index (χ3v) is 2.35. The van der Waals surface area contributed by atoms with Crippen LogP contribution in [0, 0.1) is 0 Å². The summed E-state index contributed by atoms with van der Waals surface area (Å²) in [6, 6.07) is 0. The van der Waals surface area contributed by atoms with Gasteiger partial charge in [-0.05, 0) is 12.8 Å². The molecular weight excluding hydrogens is 182 g/mol. The molecule has 0 bridgehead atoms. The molecule has 0 aromatic carbocycles. The maximum absolute atomic E-state index is 10.3. The van der Waals surface area contributed by atoms with Gasteiger partial charge in [0.15, 0.2) is 5.82 Å². The van der Waals surface area contributed by atoms with Gasteiger partial charge >= 0.3 is 5.97 Å². The largest absolute Gasteiger partial charge is 0.481 e. The van der Waals surface area contributed by atoms with Crippen molar-refractivity contribution in [2.45, 2.75) is 31.6 Å². The quantitative estimate of drug-likeness (QED) is 0.768. The van der Waals surface area contributed by atoms with Crippen LogP contribution in [0.5, 0.6) is 0 Å². The predicted octanol–water partition coefficient (Wildman–Crippen LogP) is 0.710. The minimum atomic E-state index is -0.801. The van der Waals surface area contributed by atoms with Crippen LogP contribution >= 0.6 is 0 Å². The van der Waals surface area contributed by atoms with Crippen molar-refractivity contribution in [3.8, 4) is 0 Å². The average molecular weight is 195 g/mol. The third kappa shape index (κ3) is 1.92.